The van der Waals surface area contributed by atoms with E-state index in [9.17, 15) is 4.79 Å². The summed E-state index contributed by atoms with van der Waals surface area (Å²) in [5, 5.41) is 24.4. The summed E-state index contributed by atoms with van der Waals surface area (Å²) in [4.78, 5) is 10.7. The minimum atomic E-state index is -0.956. The molecule has 0 atom stereocenters. The van der Waals surface area contributed by atoms with Crippen LogP contribution < -0.4 is 5.32 Å². The first-order chi connectivity index (χ1) is 7.15. The highest BCUT2D eigenvalue weighted by atomic mass is 16.4. The number of nitrogens with one attached hydrogen (secondary N) is 1. The molecule has 0 aliphatic carbocycles. The van der Waals surface area contributed by atoms with Gasteiger partial charge in [-0.3, -0.25) is 4.68 Å². The van der Waals surface area contributed by atoms with E-state index in [0.717, 1.165) is 0 Å². The second-order valence-corrected chi connectivity index (χ2v) is 3.17. The Hall–Kier alpha value is -1.40. The van der Waals surface area contributed by atoms with Crippen LogP contribution >= 0.6 is 0 Å². The first-order valence-electron chi connectivity index (χ1n) is 4.74. The number of hydrogen-bond donors (Lipinski definition) is 3. The number of carbonyl (C=O) groups is 1. The van der Waals surface area contributed by atoms with Gasteiger partial charge in [0, 0.05) is 19.3 Å². The zero-order valence-electron chi connectivity index (χ0n) is 8.60. The van der Waals surface area contributed by atoms with Crippen LogP contribution in [-0.4, -0.2) is 45.7 Å². The fraction of sp³-hybridized carbons (Fsp3) is 0.556. The third kappa shape index (κ3) is 3.34. The minimum absolute atomic E-state index is 0.0957. The summed E-state index contributed by atoms with van der Waals surface area (Å²) in [6.45, 7) is 3.54. The summed E-state index contributed by atoms with van der Waals surface area (Å²) < 4.78 is 1.59. The van der Waals surface area contributed by atoms with Crippen LogP contribution in [0, 0.1) is 6.92 Å². The molecule has 1 heterocycles. The number of aliphatic hydroxyl groups is 1. The standard InChI is InChI=1S/C9H15N3O3/c1-7-8(9(14)15)6-12(11-7)4-2-10-3-5-13/h6,10,13H,2-5H2,1H3,(H,14,15). The maximum Gasteiger partial charge on any atom is 0.339 e. The zero-order chi connectivity index (χ0) is 11.3. The Balaban J connectivity index is 2.48. The van der Waals surface area contributed by atoms with Crippen LogP contribution in [0.1, 0.15) is 16.1 Å². The van der Waals surface area contributed by atoms with Crippen molar-refractivity contribution in [3.05, 3.63) is 17.5 Å². The third-order valence-corrected chi connectivity index (χ3v) is 1.98. The number of carboxylic acid groups (broad SMARTS) is 1. The number of aromatic nitrogens is 2. The maximum absolute atomic E-state index is 10.7. The molecule has 6 nitrogen and oxygen atoms in total. The fourth-order valence-corrected chi connectivity index (χ4v) is 1.24. The molecular weight excluding hydrogens is 198 g/mol. The van der Waals surface area contributed by atoms with Crippen molar-refractivity contribution in [2.24, 2.45) is 0 Å². The van der Waals surface area contributed by atoms with Gasteiger partial charge in [-0.2, -0.15) is 5.10 Å². The molecule has 15 heavy (non-hydrogen) atoms. The van der Waals surface area contributed by atoms with Gasteiger partial charge in [0.2, 0.25) is 0 Å². The lowest BCUT2D eigenvalue weighted by molar-refractivity contribution is 0.0696. The second kappa shape index (κ2) is 5.47. The van der Waals surface area contributed by atoms with Gasteiger partial charge < -0.3 is 15.5 Å². The molecule has 0 amide bonds. The highest BCUT2D eigenvalue weighted by Gasteiger charge is 2.10. The molecule has 0 fully saturated rings. The Kier molecular flexibility index (Phi) is 4.26. The summed E-state index contributed by atoms with van der Waals surface area (Å²) in [6, 6.07) is 0. The van der Waals surface area contributed by atoms with Crippen LogP contribution in [0.25, 0.3) is 0 Å². The van der Waals surface area contributed by atoms with Gasteiger partial charge >= 0.3 is 5.97 Å². The van der Waals surface area contributed by atoms with Gasteiger partial charge in [-0.25, -0.2) is 4.79 Å². The first-order valence-corrected chi connectivity index (χ1v) is 4.74. The summed E-state index contributed by atoms with van der Waals surface area (Å²) in [5.74, 6) is -0.956. The smallest absolute Gasteiger partial charge is 0.339 e. The van der Waals surface area contributed by atoms with Gasteiger partial charge in [-0.15, -0.1) is 0 Å². The molecule has 0 radical (unpaired) electrons. The molecule has 1 rings (SSSR count). The van der Waals surface area contributed by atoms with E-state index in [4.69, 9.17) is 10.2 Å². The number of nitrogens with zero attached hydrogens (tertiary/aromatic N) is 2. The van der Waals surface area contributed by atoms with Crippen molar-refractivity contribution in [2.75, 3.05) is 19.7 Å². The van der Waals surface area contributed by atoms with Crippen LogP contribution in [-0.2, 0) is 6.54 Å². The SMILES string of the molecule is Cc1nn(CCNCCO)cc1C(=O)O. The molecule has 0 aliphatic rings. The number of carboxylic acids is 1. The third-order valence-electron chi connectivity index (χ3n) is 1.98. The number of aliphatic hydroxyl groups excluding tert-OH is 1. The molecule has 1 aromatic heterocycles. The van der Waals surface area contributed by atoms with E-state index in [1.807, 2.05) is 0 Å². The number of hydrogen-bond acceptors (Lipinski definition) is 4. The van der Waals surface area contributed by atoms with Crippen molar-refractivity contribution in [1.82, 2.24) is 15.1 Å². The summed E-state index contributed by atoms with van der Waals surface area (Å²) in [7, 11) is 0. The van der Waals surface area contributed by atoms with E-state index in [2.05, 4.69) is 10.4 Å². The molecule has 0 aliphatic heterocycles. The van der Waals surface area contributed by atoms with Crippen LogP contribution in [0.15, 0.2) is 6.20 Å². The Bertz CT molecular complexity index is 335. The van der Waals surface area contributed by atoms with Gasteiger partial charge in [0.05, 0.1) is 18.8 Å². The molecule has 0 saturated carbocycles. The van der Waals surface area contributed by atoms with E-state index in [1.165, 1.54) is 6.20 Å². The van der Waals surface area contributed by atoms with E-state index in [0.29, 0.717) is 25.3 Å². The van der Waals surface area contributed by atoms with Crippen molar-refractivity contribution < 1.29 is 15.0 Å². The lowest BCUT2D eigenvalue weighted by atomic mass is 10.3. The monoisotopic (exact) mass is 213 g/mol. The van der Waals surface area contributed by atoms with Gasteiger partial charge in [0.1, 0.15) is 5.56 Å². The highest BCUT2D eigenvalue weighted by Crippen LogP contribution is 2.04. The summed E-state index contributed by atoms with van der Waals surface area (Å²) in [5.41, 5.74) is 0.752. The minimum Gasteiger partial charge on any atom is -0.478 e. The second-order valence-electron chi connectivity index (χ2n) is 3.17. The maximum atomic E-state index is 10.7. The molecule has 84 valence electrons. The predicted octanol–water partition coefficient (Wildman–Crippen LogP) is -0.528. The van der Waals surface area contributed by atoms with Crippen molar-refractivity contribution in [1.29, 1.82) is 0 Å². The van der Waals surface area contributed by atoms with Crippen molar-refractivity contribution in [3.8, 4) is 0 Å². The Morgan fingerprint density at radius 2 is 2.33 bits per heavy atom. The molecule has 3 N–H and O–H groups in total. The highest BCUT2D eigenvalue weighted by molar-refractivity contribution is 5.88. The molecule has 1 aromatic rings. The van der Waals surface area contributed by atoms with Gasteiger partial charge in [-0.1, -0.05) is 0 Å². The van der Waals surface area contributed by atoms with Crippen LogP contribution in [0.4, 0.5) is 0 Å². The Labute approximate surface area is 87.5 Å². The molecular formula is C9H15N3O3. The molecule has 0 saturated heterocycles. The molecule has 0 unspecified atom stereocenters. The summed E-state index contributed by atoms with van der Waals surface area (Å²) >= 11 is 0. The van der Waals surface area contributed by atoms with E-state index in [1.54, 1.807) is 11.6 Å². The fourth-order valence-electron chi connectivity index (χ4n) is 1.24. The zero-order valence-corrected chi connectivity index (χ0v) is 8.60. The number of aromatic carboxylic acids is 1. The largest absolute Gasteiger partial charge is 0.478 e. The van der Waals surface area contributed by atoms with Gasteiger partial charge in [-0.05, 0) is 6.92 Å². The average Bonchev–Trinajstić information content (AvgIpc) is 2.55. The van der Waals surface area contributed by atoms with Crippen LogP contribution in [0.5, 0.6) is 0 Å². The van der Waals surface area contributed by atoms with Crippen LogP contribution in [0.2, 0.25) is 0 Å². The van der Waals surface area contributed by atoms with E-state index < -0.39 is 5.97 Å². The van der Waals surface area contributed by atoms with Gasteiger partial charge in [0.15, 0.2) is 0 Å². The van der Waals surface area contributed by atoms with E-state index >= 15 is 0 Å². The average molecular weight is 213 g/mol. The Morgan fingerprint density at radius 3 is 2.87 bits per heavy atom. The lowest BCUT2D eigenvalue weighted by Crippen LogP contribution is -2.23. The number of rotatable bonds is 6. The Morgan fingerprint density at radius 1 is 1.60 bits per heavy atom. The predicted molar refractivity (Wildman–Crippen MR) is 53.9 cm³/mol. The first kappa shape index (κ1) is 11.7. The lowest BCUT2D eigenvalue weighted by Gasteiger charge is -2.02. The molecule has 0 bridgehead atoms. The van der Waals surface area contributed by atoms with Crippen molar-refractivity contribution in [2.45, 2.75) is 13.5 Å². The number of aryl methyl sites for hydroxylation is 1. The van der Waals surface area contributed by atoms with Crippen molar-refractivity contribution >= 4 is 5.97 Å². The molecule has 6 heteroatoms. The van der Waals surface area contributed by atoms with E-state index in [-0.39, 0.29) is 12.2 Å². The van der Waals surface area contributed by atoms with Gasteiger partial charge in [0.25, 0.3) is 0 Å². The quantitative estimate of drug-likeness (QED) is 0.553. The summed E-state index contributed by atoms with van der Waals surface area (Å²) in [6.07, 6.45) is 1.51. The normalized spacial score (nSPS) is 10.5. The molecule has 0 aromatic carbocycles. The van der Waals surface area contributed by atoms with Crippen LogP contribution in [0.3, 0.4) is 0 Å². The van der Waals surface area contributed by atoms with Crippen molar-refractivity contribution in [3.63, 3.8) is 0 Å². The molecule has 0 spiro atoms. The topological polar surface area (TPSA) is 87.4 Å².